The third kappa shape index (κ3) is 3.01. The van der Waals surface area contributed by atoms with Gasteiger partial charge in [-0.2, -0.15) is 0 Å². The highest BCUT2D eigenvalue weighted by Gasteiger charge is 2.15. The maximum absolute atomic E-state index is 13.5. The molecular weight excluding hydrogens is 277 g/mol. The molecule has 2 aromatic rings. The molecule has 0 aliphatic carbocycles. The largest absolute Gasteiger partial charge is 0.207 e. The van der Waals surface area contributed by atoms with Crippen molar-refractivity contribution < 1.29 is 8.78 Å². The topological polar surface area (TPSA) is 0 Å². The molecule has 4 heteroatoms. The molecule has 1 atom stereocenters. The molecule has 1 unspecified atom stereocenters. The minimum absolute atomic E-state index is 0.150. The molecule has 0 radical (unpaired) electrons. The number of rotatable bonds is 3. The first-order valence-corrected chi connectivity index (χ1v) is 6.22. The van der Waals surface area contributed by atoms with E-state index >= 15 is 0 Å². The van der Waals surface area contributed by atoms with Gasteiger partial charge in [0.2, 0.25) is 0 Å². The monoisotopic (exact) mass is 286 g/mol. The van der Waals surface area contributed by atoms with Gasteiger partial charge in [-0.1, -0.05) is 29.8 Å². The van der Waals surface area contributed by atoms with E-state index in [0.717, 1.165) is 23.8 Å². The maximum atomic E-state index is 13.5. The van der Waals surface area contributed by atoms with Crippen LogP contribution in [0.25, 0.3) is 0 Å². The van der Waals surface area contributed by atoms with Crippen LogP contribution < -0.4 is 0 Å². The predicted octanol–water partition coefficient (Wildman–Crippen LogP) is 5.14. The van der Waals surface area contributed by atoms with Crippen LogP contribution in [0.2, 0.25) is 5.02 Å². The summed E-state index contributed by atoms with van der Waals surface area (Å²) in [6.45, 7) is 0. The Bertz CT molecular complexity index is 555. The molecule has 18 heavy (non-hydrogen) atoms. The summed E-state index contributed by atoms with van der Waals surface area (Å²) in [6.07, 6.45) is 0.349. The van der Waals surface area contributed by atoms with Gasteiger partial charge >= 0.3 is 0 Å². The third-order valence-electron chi connectivity index (χ3n) is 2.65. The zero-order valence-corrected chi connectivity index (χ0v) is 10.8. The van der Waals surface area contributed by atoms with Crippen LogP contribution in [0.1, 0.15) is 16.5 Å². The van der Waals surface area contributed by atoms with Crippen LogP contribution in [0.4, 0.5) is 8.78 Å². The van der Waals surface area contributed by atoms with E-state index in [1.54, 1.807) is 12.1 Å². The molecule has 0 nitrogen and oxygen atoms in total. The van der Waals surface area contributed by atoms with Gasteiger partial charge in [0.25, 0.3) is 0 Å². The van der Waals surface area contributed by atoms with E-state index in [9.17, 15) is 8.78 Å². The van der Waals surface area contributed by atoms with Crippen LogP contribution in [0.5, 0.6) is 0 Å². The molecule has 0 bridgehead atoms. The molecule has 2 aromatic carbocycles. The quantitative estimate of drug-likeness (QED) is 0.685. The number of halogens is 4. The smallest absolute Gasteiger partial charge is 0.128 e. The van der Waals surface area contributed by atoms with Crippen molar-refractivity contribution in [2.24, 2.45) is 0 Å². The van der Waals surface area contributed by atoms with Gasteiger partial charge in [-0.25, -0.2) is 8.78 Å². The van der Waals surface area contributed by atoms with Gasteiger partial charge in [-0.3, -0.25) is 0 Å². The Morgan fingerprint density at radius 3 is 2.50 bits per heavy atom. The van der Waals surface area contributed by atoms with Crippen molar-refractivity contribution >= 4 is 23.2 Å². The summed E-state index contributed by atoms with van der Waals surface area (Å²) in [5.41, 5.74) is 0.958. The highest BCUT2D eigenvalue weighted by molar-refractivity contribution is 6.31. The normalized spacial score (nSPS) is 12.4. The summed E-state index contributed by atoms with van der Waals surface area (Å²) in [7, 11) is 0. The molecule has 0 aromatic heterocycles. The van der Waals surface area contributed by atoms with E-state index in [1.165, 1.54) is 0 Å². The molecule has 0 N–H and O–H groups in total. The first-order chi connectivity index (χ1) is 8.58. The lowest BCUT2D eigenvalue weighted by Crippen LogP contribution is -2.00. The SMILES string of the molecule is Fc1ccc(F)c(C(Cl)Cc2ccccc2Cl)c1. The van der Waals surface area contributed by atoms with Gasteiger partial charge in [0.1, 0.15) is 11.6 Å². The summed E-state index contributed by atoms with van der Waals surface area (Å²) in [4.78, 5) is 0. The minimum atomic E-state index is -0.652. The highest BCUT2D eigenvalue weighted by Crippen LogP contribution is 2.30. The Labute approximate surface area is 114 Å². The van der Waals surface area contributed by atoms with Crippen molar-refractivity contribution in [2.75, 3.05) is 0 Å². The molecule has 0 amide bonds. The van der Waals surface area contributed by atoms with Crippen LogP contribution >= 0.6 is 23.2 Å². The van der Waals surface area contributed by atoms with Gasteiger partial charge in [0, 0.05) is 10.6 Å². The average molecular weight is 287 g/mol. The molecule has 0 spiro atoms. The van der Waals surface area contributed by atoms with Gasteiger partial charge in [0.05, 0.1) is 5.38 Å². The summed E-state index contributed by atoms with van der Waals surface area (Å²) >= 11 is 12.1. The van der Waals surface area contributed by atoms with Gasteiger partial charge in [-0.05, 0) is 36.2 Å². The Morgan fingerprint density at radius 2 is 1.78 bits per heavy atom. The molecule has 0 saturated heterocycles. The minimum Gasteiger partial charge on any atom is -0.207 e. The molecule has 0 aliphatic heterocycles. The van der Waals surface area contributed by atoms with E-state index < -0.39 is 17.0 Å². The lowest BCUT2D eigenvalue weighted by molar-refractivity contribution is 0.582. The summed E-state index contributed by atoms with van der Waals surface area (Å²) in [5, 5.41) is -0.0828. The number of hydrogen-bond donors (Lipinski definition) is 0. The van der Waals surface area contributed by atoms with E-state index in [-0.39, 0.29) is 5.56 Å². The molecule has 0 aliphatic rings. The second kappa shape index (κ2) is 5.68. The van der Waals surface area contributed by atoms with Crippen LogP contribution in [0.15, 0.2) is 42.5 Å². The third-order valence-corrected chi connectivity index (χ3v) is 3.41. The van der Waals surface area contributed by atoms with E-state index in [1.807, 2.05) is 12.1 Å². The highest BCUT2D eigenvalue weighted by atomic mass is 35.5. The Kier molecular flexibility index (Phi) is 4.20. The van der Waals surface area contributed by atoms with Crippen molar-refractivity contribution in [1.82, 2.24) is 0 Å². The first kappa shape index (κ1) is 13.3. The van der Waals surface area contributed by atoms with Crippen molar-refractivity contribution in [3.05, 3.63) is 70.2 Å². The van der Waals surface area contributed by atoms with E-state index in [0.29, 0.717) is 11.4 Å². The predicted molar refractivity (Wildman–Crippen MR) is 70.1 cm³/mol. The van der Waals surface area contributed by atoms with Crippen LogP contribution in [0, 0.1) is 11.6 Å². The van der Waals surface area contributed by atoms with Crippen LogP contribution in [0.3, 0.4) is 0 Å². The fraction of sp³-hybridized carbons (Fsp3) is 0.143. The summed E-state index contributed by atoms with van der Waals surface area (Å²) in [6, 6.07) is 10.4. The Morgan fingerprint density at radius 1 is 1.06 bits per heavy atom. The number of hydrogen-bond acceptors (Lipinski definition) is 0. The number of alkyl halides is 1. The lowest BCUT2D eigenvalue weighted by atomic mass is 10.0. The van der Waals surface area contributed by atoms with Crippen molar-refractivity contribution in [2.45, 2.75) is 11.8 Å². The zero-order valence-electron chi connectivity index (χ0n) is 9.34. The van der Waals surface area contributed by atoms with Crippen molar-refractivity contribution in [1.29, 1.82) is 0 Å². The molecule has 0 saturated carbocycles. The second-order valence-corrected chi connectivity index (χ2v) is 4.86. The summed E-state index contributed by atoms with van der Waals surface area (Å²) in [5.74, 6) is -1.01. The molecule has 0 heterocycles. The molecule has 94 valence electrons. The van der Waals surface area contributed by atoms with Crippen molar-refractivity contribution in [3.63, 3.8) is 0 Å². The Balaban J connectivity index is 2.25. The van der Waals surface area contributed by atoms with E-state index in [4.69, 9.17) is 23.2 Å². The lowest BCUT2D eigenvalue weighted by Gasteiger charge is -2.12. The average Bonchev–Trinajstić information content (AvgIpc) is 2.35. The standard InChI is InChI=1S/C14H10Cl2F2/c15-12-4-2-1-3-9(12)7-13(16)11-8-10(17)5-6-14(11)18/h1-6,8,13H,7H2. The van der Waals surface area contributed by atoms with Gasteiger partial charge in [-0.15, -0.1) is 11.6 Å². The maximum Gasteiger partial charge on any atom is 0.128 e. The van der Waals surface area contributed by atoms with Crippen molar-refractivity contribution in [3.8, 4) is 0 Å². The fourth-order valence-electron chi connectivity index (χ4n) is 1.72. The fourth-order valence-corrected chi connectivity index (χ4v) is 2.27. The van der Waals surface area contributed by atoms with Crippen LogP contribution in [-0.2, 0) is 6.42 Å². The number of benzene rings is 2. The Hall–Kier alpha value is -1.12. The zero-order chi connectivity index (χ0) is 13.1. The molecule has 2 rings (SSSR count). The summed E-state index contributed by atoms with van der Waals surface area (Å²) < 4.78 is 26.6. The van der Waals surface area contributed by atoms with Gasteiger partial charge < -0.3 is 0 Å². The molecule has 0 fully saturated rings. The van der Waals surface area contributed by atoms with Crippen LogP contribution in [-0.4, -0.2) is 0 Å². The van der Waals surface area contributed by atoms with E-state index in [2.05, 4.69) is 0 Å². The second-order valence-electron chi connectivity index (χ2n) is 3.93. The molecular formula is C14H10Cl2F2. The van der Waals surface area contributed by atoms with Gasteiger partial charge in [0.15, 0.2) is 0 Å². The first-order valence-electron chi connectivity index (χ1n) is 5.40.